The second-order valence-corrected chi connectivity index (χ2v) is 9.07. The van der Waals surface area contributed by atoms with Gasteiger partial charge in [-0.2, -0.15) is 4.31 Å². The minimum atomic E-state index is -3.77. The molecule has 1 heterocycles. The van der Waals surface area contributed by atoms with Crippen molar-refractivity contribution in [3.63, 3.8) is 0 Å². The smallest absolute Gasteiger partial charge is 0.315 e. The highest BCUT2D eigenvalue weighted by Crippen LogP contribution is 2.29. The van der Waals surface area contributed by atoms with Crippen LogP contribution in [0, 0.1) is 0 Å². The summed E-state index contributed by atoms with van der Waals surface area (Å²) in [5.41, 5.74) is 0.526. The van der Waals surface area contributed by atoms with E-state index in [1.54, 1.807) is 24.3 Å². The van der Waals surface area contributed by atoms with Crippen LogP contribution in [-0.4, -0.2) is 52.1 Å². The van der Waals surface area contributed by atoms with E-state index in [2.05, 4.69) is 0 Å². The van der Waals surface area contributed by atoms with Gasteiger partial charge in [0.2, 0.25) is 10.0 Å². The minimum Gasteiger partial charge on any atom is -0.495 e. The molecule has 3 aromatic carbocycles. The van der Waals surface area contributed by atoms with E-state index >= 15 is 0 Å². The van der Waals surface area contributed by atoms with Gasteiger partial charge in [0.1, 0.15) is 16.4 Å². The SMILES string of the molecule is COc1ccc(CC(=O)Oc2ccc3ccccc3c2)cc1S(=O)(=O)N1CCOCC1. The van der Waals surface area contributed by atoms with Gasteiger partial charge in [0.25, 0.3) is 0 Å². The monoisotopic (exact) mass is 441 g/mol. The van der Waals surface area contributed by atoms with Crippen LogP contribution in [0.15, 0.2) is 65.6 Å². The molecule has 0 N–H and O–H groups in total. The van der Waals surface area contributed by atoms with Crippen LogP contribution < -0.4 is 9.47 Å². The predicted molar refractivity (Wildman–Crippen MR) is 116 cm³/mol. The molecule has 162 valence electrons. The summed E-state index contributed by atoms with van der Waals surface area (Å²) in [7, 11) is -2.35. The van der Waals surface area contributed by atoms with Gasteiger partial charge < -0.3 is 14.2 Å². The van der Waals surface area contributed by atoms with E-state index in [1.165, 1.54) is 17.5 Å². The van der Waals surface area contributed by atoms with Gasteiger partial charge in [-0.25, -0.2) is 8.42 Å². The highest BCUT2D eigenvalue weighted by Gasteiger charge is 2.29. The van der Waals surface area contributed by atoms with Crippen LogP contribution in [0.4, 0.5) is 0 Å². The number of rotatable bonds is 6. The summed E-state index contributed by atoms with van der Waals surface area (Å²) in [6, 6.07) is 17.9. The van der Waals surface area contributed by atoms with Crippen LogP contribution in [0.3, 0.4) is 0 Å². The Morgan fingerprint density at radius 2 is 1.74 bits per heavy atom. The molecule has 0 aliphatic carbocycles. The molecule has 31 heavy (non-hydrogen) atoms. The van der Waals surface area contributed by atoms with E-state index in [4.69, 9.17) is 14.2 Å². The van der Waals surface area contributed by atoms with Crippen molar-refractivity contribution in [2.75, 3.05) is 33.4 Å². The molecule has 0 saturated carbocycles. The molecule has 0 bridgehead atoms. The maximum absolute atomic E-state index is 13.1. The molecule has 4 rings (SSSR count). The lowest BCUT2D eigenvalue weighted by Crippen LogP contribution is -2.40. The van der Waals surface area contributed by atoms with Crippen LogP contribution >= 0.6 is 0 Å². The van der Waals surface area contributed by atoms with Gasteiger partial charge >= 0.3 is 5.97 Å². The number of carbonyl (C=O) groups excluding carboxylic acids is 1. The van der Waals surface area contributed by atoms with Crippen molar-refractivity contribution in [3.8, 4) is 11.5 Å². The van der Waals surface area contributed by atoms with Crippen molar-refractivity contribution in [2.24, 2.45) is 0 Å². The van der Waals surface area contributed by atoms with E-state index < -0.39 is 16.0 Å². The van der Waals surface area contributed by atoms with Gasteiger partial charge in [0, 0.05) is 13.1 Å². The number of nitrogens with zero attached hydrogens (tertiary/aromatic N) is 1. The molecule has 7 nitrogen and oxygen atoms in total. The van der Waals surface area contributed by atoms with Gasteiger partial charge in [0.15, 0.2) is 0 Å². The van der Waals surface area contributed by atoms with Gasteiger partial charge in [-0.1, -0.05) is 36.4 Å². The van der Waals surface area contributed by atoms with E-state index in [9.17, 15) is 13.2 Å². The zero-order valence-corrected chi connectivity index (χ0v) is 17.9. The highest BCUT2D eigenvalue weighted by atomic mass is 32.2. The average molecular weight is 442 g/mol. The minimum absolute atomic E-state index is 0.0351. The fraction of sp³-hybridized carbons (Fsp3) is 0.261. The topological polar surface area (TPSA) is 82.1 Å². The van der Waals surface area contributed by atoms with Crippen molar-refractivity contribution < 1.29 is 27.4 Å². The molecule has 0 spiro atoms. The molecule has 0 radical (unpaired) electrons. The molecule has 3 aromatic rings. The van der Waals surface area contributed by atoms with E-state index in [0.717, 1.165) is 10.8 Å². The summed E-state index contributed by atoms with van der Waals surface area (Å²) in [6.07, 6.45) is -0.0670. The third-order valence-corrected chi connectivity index (χ3v) is 7.04. The molecule has 8 heteroatoms. The first-order valence-electron chi connectivity index (χ1n) is 9.92. The standard InChI is InChI=1S/C23H23NO6S/c1-28-21-9-6-17(14-22(21)31(26,27)24-10-12-29-13-11-24)15-23(25)30-20-8-7-18-4-2-3-5-19(18)16-20/h2-9,14,16H,10-13,15H2,1H3. The molecule has 0 aromatic heterocycles. The molecule has 1 aliphatic heterocycles. The van der Waals surface area contributed by atoms with E-state index in [-0.39, 0.29) is 30.2 Å². The summed E-state index contributed by atoms with van der Waals surface area (Å²) in [5.74, 6) is 0.201. The average Bonchev–Trinajstić information content (AvgIpc) is 2.79. The fourth-order valence-electron chi connectivity index (χ4n) is 3.52. The van der Waals surface area contributed by atoms with Crippen molar-refractivity contribution in [1.82, 2.24) is 4.31 Å². The number of carbonyl (C=O) groups is 1. The lowest BCUT2D eigenvalue weighted by atomic mass is 10.1. The van der Waals surface area contributed by atoms with Crippen LogP contribution in [0.1, 0.15) is 5.56 Å². The normalized spacial score (nSPS) is 15.0. The molecule has 0 unspecified atom stereocenters. The largest absolute Gasteiger partial charge is 0.495 e. The van der Waals surface area contributed by atoms with Crippen molar-refractivity contribution in [1.29, 1.82) is 0 Å². The first-order chi connectivity index (χ1) is 15.0. The third-order valence-electron chi connectivity index (χ3n) is 5.12. The maximum atomic E-state index is 13.1. The molecule has 1 saturated heterocycles. The van der Waals surface area contributed by atoms with Crippen LogP contribution in [0.5, 0.6) is 11.5 Å². The number of benzene rings is 3. The Hall–Kier alpha value is -2.94. The lowest BCUT2D eigenvalue weighted by molar-refractivity contribution is -0.133. The van der Waals surface area contributed by atoms with Gasteiger partial charge in [0.05, 0.1) is 26.7 Å². The zero-order valence-electron chi connectivity index (χ0n) is 17.1. The summed E-state index contributed by atoms with van der Waals surface area (Å²) in [6.45, 7) is 1.25. The lowest BCUT2D eigenvalue weighted by Gasteiger charge is -2.26. The maximum Gasteiger partial charge on any atom is 0.315 e. The number of esters is 1. The van der Waals surface area contributed by atoms with E-state index in [0.29, 0.717) is 24.5 Å². The Balaban J connectivity index is 1.53. The fourth-order valence-corrected chi connectivity index (χ4v) is 5.14. The van der Waals surface area contributed by atoms with Crippen LogP contribution in [-0.2, 0) is 26.0 Å². The Kier molecular flexibility index (Phi) is 6.22. The number of ether oxygens (including phenoxy) is 3. The molecule has 0 atom stereocenters. The number of methoxy groups -OCH3 is 1. The highest BCUT2D eigenvalue weighted by molar-refractivity contribution is 7.89. The number of morpholine rings is 1. The Bertz CT molecular complexity index is 1200. The number of fused-ring (bicyclic) bond motifs is 1. The van der Waals surface area contributed by atoms with Crippen LogP contribution in [0.25, 0.3) is 10.8 Å². The third kappa shape index (κ3) is 4.71. The summed E-state index contributed by atoms with van der Waals surface area (Å²) < 4.78 is 43.5. The second kappa shape index (κ2) is 9.05. The van der Waals surface area contributed by atoms with E-state index in [1.807, 2.05) is 30.3 Å². The second-order valence-electron chi connectivity index (χ2n) is 7.16. The Morgan fingerprint density at radius 1 is 1.00 bits per heavy atom. The summed E-state index contributed by atoms with van der Waals surface area (Å²) in [5, 5.41) is 2.02. The molecular weight excluding hydrogens is 418 g/mol. The zero-order chi connectivity index (χ0) is 21.8. The first kappa shape index (κ1) is 21.3. The van der Waals surface area contributed by atoms with Crippen LogP contribution in [0.2, 0.25) is 0 Å². The predicted octanol–water partition coefficient (Wildman–Crippen LogP) is 3.02. The summed E-state index contributed by atoms with van der Waals surface area (Å²) >= 11 is 0. The van der Waals surface area contributed by atoms with Crippen molar-refractivity contribution in [3.05, 3.63) is 66.2 Å². The molecule has 1 aliphatic rings. The molecule has 1 fully saturated rings. The number of sulfonamides is 1. The quantitative estimate of drug-likeness (QED) is 0.432. The molecular formula is C23H23NO6S. The summed E-state index contributed by atoms with van der Waals surface area (Å²) in [4.78, 5) is 12.5. The van der Waals surface area contributed by atoms with Gasteiger partial charge in [-0.3, -0.25) is 4.79 Å². The van der Waals surface area contributed by atoms with Gasteiger partial charge in [-0.05, 0) is 40.6 Å². The van der Waals surface area contributed by atoms with Crippen molar-refractivity contribution >= 4 is 26.8 Å². The Morgan fingerprint density at radius 3 is 2.48 bits per heavy atom. The number of hydrogen-bond acceptors (Lipinski definition) is 6. The molecule has 0 amide bonds. The Labute approximate surface area is 181 Å². The first-order valence-corrected chi connectivity index (χ1v) is 11.4. The van der Waals surface area contributed by atoms with Crippen molar-refractivity contribution in [2.45, 2.75) is 11.3 Å². The van der Waals surface area contributed by atoms with Gasteiger partial charge in [-0.15, -0.1) is 0 Å². The number of hydrogen-bond donors (Lipinski definition) is 0.